The highest BCUT2D eigenvalue weighted by molar-refractivity contribution is 6.04. The minimum atomic E-state index is -0.302. The van der Waals surface area contributed by atoms with Crippen LogP contribution in [0.4, 0.5) is 16.2 Å². The number of rotatable bonds is 6. The van der Waals surface area contributed by atoms with Gasteiger partial charge in [0, 0.05) is 16.9 Å². The van der Waals surface area contributed by atoms with Gasteiger partial charge in [-0.3, -0.25) is 4.79 Å². The average Bonchev–Trinajstić information content (AvgIpc) is 2.74. The molecule has 1 atom stereocenters. The van der Waals surface area contributed by atoms with E-state index in [1.165, 1.54) is 5.56 Å². The third-order valence-corrected chi connectivity index (χ3v) is 4.65. The molecule has 3 aromatic carbocycles. The second kappa shape index (κ2) is 9.55. The van der Waals surface area contributed by atoms with Gasteiger partial charge in [0.15, 0.2) is 0 Å². The van der Waals surface area contributed by atoms with Gasteiger partial charge in [-0.2, -0.15) is 0 Å². The van der Waals surface area contributed by atoms with Crippen LogP contribution in [0.3, 0.4) is 0 Å². The van der Waals surface area contributed by atoms with Crippen molar-refractivity contribution in [2.75, 3.05) is 10.6 Å². The van der Waals surface area contributed by atoms with E-state index < -0.39 is 0 Å². The maximum Gasteiger partial charge on any atom is 0.319 e. The van der Waals surface area contributed by atoms with Gasteiger partial charge < -0.3 is 16.0 Å². The van der Waals surface area contributed by atoms with E-state index in [4.69, 9.17) is 0 Å². The molecule has 29 heavy (non-hydrogen) atoms. The number of aryl methyl sites for hydroxylation is 1. The second-order valence-electron chi connectivity index (χ2n) is 6.82. The first kappa shape index (κ1) is 20.1. The van der Waals surface area contributed by atoms with Crippen LogP contribution < -0.4 is 16.0 Å². The topological polar surface area (TPSA) is 70.2 Å². The van der Waals surface area contributed by atoms with E-state index >= 15 is 0 Å². The molecule has 0 aliphatic carbocycles. The summed E-state index contributed by atoms with van der Waals surface area (Å²) < 4.78 is 0. The fourth-order valence-electron chi connectivity index (χ4n) is 2.96. The lowest BCUT2D eigenvalue weighted by Crippen LogP contribution is -2.31. The monoisotopic (exact) mass is 387 g/mol. The molecule has 3 aromatic rings. The number of carbonyl (C=O) groups excluding carboxylic acids is 2. The molecule has 3 amide bonds. The Balaban J connectivity index is 1.59. The minimum absolute atomic E-state index is 0.123. The third-order valence-electron chi connectivity index (χ3n) is 4.65. The number of amides is 3. The molecule has 0 fully saturated rings. The molecule has 0 aliphatic rings. The average molecular weight is 387 g/mol. The first-order valence-corrected chi connectivity index (χ1v) is 9.68. The van der Waals surface area contributed by atoms with Crippen LogP contribution in [0.1, 0.15) is 41.4 Å². The lowest BCUT2D eigenvalue weighted by atomic mass is 10.1. The lowest BCUT2D eigenvalue weighted by Gasteiger charge is -2.16. The predicted octanol–water partition coefficient (Wildman–Crippen LogP) is 5.38. The first-order valence-electron chi connectivity index (χ1n) is 9.68. The zero-order valence-electron chi connectivity index (χ0n) is 16.6. The quantitative estimate of drug-likeness (QED) is 0.531. The zero-order chi connectivity index (χ0) is 20.6. The molecular weight excluding hydrogens is 362 g/mol. The summed E-state index contributed by atoms with van der Waals surface area (Å²) in [6, 6.07) is 23.8. The summed E-state index contributed by atoms with van der Waals surface area (Å²) in [6.07, 6.45) is 0.986. The van der Waals surface area contributed by atoms with Gasteiger partial charge in [-0.15, -0.1) is 0 Å². The Kier molecular flexibility index (Phi) is 6.63. The van der Waals surface area contributed by atoms with Crippen LogP contribution in [0, 0.1) is 0 Å². The van der Waals surface area contributed by atoms with Crippen molar-refractivity contribution < 1.29 is 9.59 Å². The Hall–Kier alpha value is -3.60. The van der Waals surface area contributed by atoms with Crippen LogP contribution in [0.2, 0.25) is 0 Å². The molecule has 1 unspecified atom stereocenters. The van der Waals surface area contributed by atoms with Gasteiger partial charge in [-0.1, -0.05) is 55.5 Å². The molecule has 0 aromatic heterocycles. The summed E-state index contributed by atoms with van der Waals surface area (Å²) in [7, 11) is 0. The minimum Gasteiger partial charge on any atom is -0.331 e. The smallest absolute Gasteiger partial charge is 0.319 e. The van der Waals surface area contributed by atoms with Crippen LogP contribution in [0.5, 0.6) is 0 Å². The molecule has 5 nitrogen and oxygen atoms in total. The molecule has 3 N–H and O–H groups in total. The Morgan fingerprint density at radius 1 is 0.828 bits per heavy atom. The maximum absolute atomic E-state index is 12.4. The number of nitrogens with one attached hydrogen (secondary N) is 3. The molecule has 5 heteroatoms. The second-order valence-corrected chi connectivity index (χ2v) is 6.82. The van der Waals surface area contributed by atoms with E-state index in [1.807, 2.05) is 37.3 Å². The fourth-order valence-corrected chi connectivity index (χ4v) is 2.96. The van der Waals surface area contributed by atoms with E-state index in [1.54, 1.807) is 36.4 Å². The van der Waals surface area contributed by atoms with Gasteiger partial charge in [0.25, 0.3) is 5.91 Å². The number of carbonyl (C=O) groups is 2. The Morgan fingerprint density at radius 2 is 1.48 bits per heavy atom. The van der Waals surface area contributed by atoms with E-state index in [9.17, 15) is 9.59 Å². The summed E-state index contributed by atoms with van der Waals surface area (Å²) in [4.78, 5) is 24.6. The van der Waals surface area contributed by atoms with Crippen molar-refractivity contribution in [1.29, 1.82) is 0 Å². The van der Waals surface area contributed by atoms with E-state index in [0.717, 1.165) is 12.0 Å². The van der Waals surface area contributed by atoms with Crippen molar-refractivity contribution in [1.82, 2.24) is 5.32 Å². The Morgan fingerprint density at radius 3 is 2.14 bits per heavy atom. The number of benzene rings is 3. The predicted molar refractivity (Wildman–Crippen MR) is 117 cm³/mol. The standard InChI is InChI=1S/C24H25N3O2/c1-3-18-12-14-19(15-13-18)17(2)25-24(29)27-22-11-7-10-21(16-22)26-23(28)20-8-5-4-6-9-20/h4-17H,3H2,1-2H3,(H,26,28)(H2,25,27,29). The molecule has 0 spiro atoms. The molecule has 148 valence electrons. The third kappa shape index (κ3) is 5.69. The zero-order valence-corrected chi connectivity index (χ0v) is 16.6. The van der Waals surface area contributed by atoms with Crippen molar-refractivity contribution >= 4 is 23.3 Å². The molecule has 0 aliphatic heterocycles. The van der Waals surface area contributed by atoms with Crippen molar-refractivity contribution in [3.05, 3.63) is 95.6 Å². The highest BCUT2D eigenvalue weighted by Gasteiger charge is 2.10. The van der Waals surface area contributed by atoms with Gasteiger partial charge in [-0.05, 0) is 54.8 Å². The van der Waals surface area contributed by atoms with Gasteiger partial charge in [0.2, 0.25) is 0 Å². The number of hydrogen-bond donors (Lipinski definition) is 3. The summed E-state index contributed by atoms with van der Waals surface area (Å²) >= 11 is 0. The lowest BCUT2D eigenvalue weighted by molar-refractivity contribution is 0.102. The molecular formula is C24H25N3O2. The Bertz CT molecular complexity index is 969. The maximum atomic E-state index is 12.4. The van der Waals surface area contributed by atoms with Crippen LogP contribution in [-0.2, 0) is 6.42 Å². The van der Waals surface area contributed by atoms with Crippen molar-refractivity contribution in [2.24, 2.45) is 0 Å². The molecule has 0 heterocycles. The highest BCUT2D eigenvalue weighted by atomic mass is 16.2. The van der Waals surface area contributed by atoms with Crippen LogP contribution in [-0.4, -0.2) is 11.9 Å². The summed E-state index contributed by atoms with van der Waals surface area (Å²) in [5, 5.41) is 8.59. The van der Waals surface area contributed by atoms with Crippen LogP contribution in [0.25, 0.3) is 0 Å². The summed E-state index contributed by atoms with van der Waals surface area (Å²) in [6.45, 7) is 4.05. The van der Waals surface area contributed by atoms with Crippen molar-refractivity contribution in [3.63, 3.8) is 0 Å². The SMILES string of the molecule is CCc1ccc(C(C)NC(=O)Nc2cccc(NC(=O)c3ccccc3)c2)cc1. The fraction of sp³-hybridized carbons (Fsp3) is 0.167. The first-order chi connectivity index (χ1) is 14.0. The summed E-state index contributed by atoms with van der Waals surface area (Å²) in [5.41, 5.74) is 4.09. The number of hydrogen-bond acceptors (Lipinski definition) is 2. The van der Waals surface area contributed by atoms with E-state index in [-0.39, 0.29) is 18.0 Å². The number of urea groups is 1. The van der Waals surface area contributed by atoms with Crippen molar-refractivity contribution in [3.8, 4) is 0 Å². The van der Waals surface area contributed by atoms with Gasteiger partial charge in [0.1, 0.15) is 0 Å². The molecule has 0 radical (unpaired) electrons. The van der Waals surface area contributed by atoms with Crippen LogP contribution in [0.15, 0.2) is 78.9 Å². The molecule has 0 saturated carbocycles. The van der Waals surface area contributed by atoms with E-state index in [2.05, 4.69) is 35.0 Å². The van der Waals surface area contributed by atoms with Crippen molar-refractivity contribution in [2.45, 2.75) is 26.3 Å². The van der Waals surface area contributed by atoms with Gasteiger partial charge >= 0.3 is 6.03 Å². The highest BCUT2D eigenvalue weighted by Crippen LogP contribution is 2.17. The van der Waals surface area contributed by atoms with Crippen LogP contribution >= 0.6 is 0 Å². The molecule has 3 rings (SSSR count). The number of anilines is 2. The summed E-state index contributed by atoms with van der Waals surface area (Å²) in [5.74, 6) is -0.198. The molecule has 0 bridgehead atoms. The molecule has 0 saturated heterocycles. The van der Waals surface area contributed by atoms with Gasteiger partial charge in [-0.25, -0.2) is 4.79 Å². The van der Waals surface area contributed by atoms with E-state index in [0.29, 0.717) is 16.9 Å². The van der Waals surface area contributed by atoms with Gasteiger partial charge in [0.05, 0.1) is 6.04 Å². The largest absolute Gasteiger partial charge is 0.331 e. The Labute approximate surface area is 171 Å². The normalized spacial score (nSPS) is 11.4.